The van der Waals surface area contributed by atoms with Crippen LogP contribution < -0.4 is 21.7 Å². The molecule has 0 saturated carbocycles. The molecule has 3 atom stereocenters. The minimum atomic E-state index is -1.52. The molecule has 0 aromatic carbocycles. The normalized spacial score (nSPS) is 13.7. The van der Waals surface area contributed by atoms with Crippen molar-refractivity contribution in [3.05, 3.63) is 18.2 Å². The number of aromatic amines is 1. The maximum Gasteiger partial charge on any atom is 0.322 e. The molecule has 0 aliphatic rings. The van der Waals surface area contributed by atoms with E-state index in [4.69, 9.17) is 15.9 Å². The monoisotopic (exact) mass is 426 g/mol. The molecule has 1 aromatic rings. The van der Waals surface area contributed by atoms with Crippen LogP contribution in [0.5, 0.6) is 0 Å². The highest BCUT2D eigenvalue weighted by Crippen LogP contribution is 2.05. The average molecular weight is 426 g/mol. The zero-order valence-corrected chi connectivity index (χ0v) is 16.5. The van der Waals surface area contributed by atoms with Gasteiger partial charge in [0.25, 0.3) is 0 Å². The summed E-state index contributed by atoms with van der Waals surface area (Å²) >= 11 is 0. The minimum Gasteiger partial charge on any atom is -0.481 e. The molecule has 3 amide bonds. The Bertz CT molecular complexity index is 765. The Hall–Kier alpha value is -3.48. The largest absolute Gasteiger partial charge is 0.481 e. The highest BCUT2D eigenvalue weighted by molar-refractivity contribution is 5.95. The summed E-state index contributed by atoms with van der Waals surface area (Å²) < 4.78 is 0. The van der Waals surface area contributed by atoms with Gasteiger partial charge < -0.3 is 36.9 Å². The molecule has 166 valence electrons. The van der Waals surface area contributed by atoms with Crippen molar-refractivity contribution in [2.24, 2.45) is 11.7 Å². The first-order valence-corrected chi connectivity index (χ1v) is 9.06. The molecule has 1 aromatic heterocycles. The predicted octanol–water partition coefficient (Wildman–Crippen LogP) is -2.42. The zero-order chi connectivity index (χ0) is 22.8. The Kier molecular flexibility index (Phi) is 9.42. The number of hydrogen-bond acceptors (Lipinski definition) is 7. The molecule has 13 heteroatoms. The van der Waals surface area contributed by atoms with Crippen molar-refractivity contribution in [3.8, 4) is 0 Å². The van der Waals surface area contributed by atoms with Crippen LogP contribution in [0.1, 0.15) is 26.0 Å². The molecular formula is C17H26N6O7. The standard InChI is InChI=1S/C17H26N6O7/c1-8(2)14(23-15(28)10(18)3-9-5-19-7-21-9)17(30)22-11(4-12(24)25)16(29)20-6-13(26)27/h5,7-8,10-11,14H,3-4,6,18H2,1-2H3,(H,19,21)(H,20,29)(H,22,30)(H,23,28)(H,24,25)(H,26,27). The van der Waals surface area contributed by atoms with Gasteiger partial charge in [0.15, 0.2) is 0 Å². The summed E-state index contributed by atoms with van der Waals surface area (Å²) in [6, 6.07) is -3.60. The van der Waals surface area contributed by atoms with Crippen molar-refractivity contribution >= 4 is 29.7 Å². The number of nitrogens with one attached hydrogen (secondary N) is 4. The number of aliphatic carboxylic acids is 2. The van der Waals surface area contributed by atoms with Crippen LogP contribution >= 0.6 is 0 Å². The van der Waals surface area contributed by atoms with E-state index in [0.29, 0.717) is 5.69 Å². The fourth-order valence-electron chi connectivity index (χ4n) is 2.45. The summed E-state index contributed by atoms with van der Waals surface area (Å²) in [5, 5.41) is 24.3. The van der Waals surface area contributed by atoms with Crippen LogP contribution in [0, 0.1) is 5.92 Å². The Balaban J connectivity index is 2.80. The third-order valence-electron chi connectivity index (χ3n) is 4.00. The SMILES string of the molecule is CC(C)C(NC(=O)C(N)Cc1cnc[nH]1)C(=O)NC(CC(=O)O)C(=O)NCC(=O)O. The summed E-state index contributed by atoms with van der Waals surface area (Å²) in [6.07, 6.45) is 2.32. The number of carboxylic acid groups (broad SMARTS) is 2. The van der Waals surface area contributed by atoms with E-state index in [-0.39, 0.29) is 6.42 Å². The van der Waals surface area contributed by atoms with Crippen LogP contribution in [0.25, 0.3) is 0 Å². The van der Waals surface area contributed by atoms with Gasteiger partial charge in [-0.1, -0.05) is 13.8 Å². The summed E-state index contributed by atoms with van der Waals surface area (Å²) in [5.74, 6) is -5.52. The van der Waals surface area contributed by atoms with Crippen molar-refractivity contribution in [1.29, 1.82) is 0 Å². The van der Waals surface area contributed by atoms with Crippen molar-refractivity contribution in [3.63, 3.8) is 0 Å². The molecule has 0 spiro atoms. The first-order chi connectivity index (χ1) is 14.0. The summed E-state index contributed by atoms with van der Waals surface area (Å²) in [5.41, 5.74) is 6.48. The number of carbonyl (C=O) groups excluding carboxylic acids is 3. The van der Waals surface area contributed by atoms with Crippen LogP contribution in [0.15, 0.2) is 12.5 Å². The van der Waals surface area contributed by atoms with Gasteiger partial charge in [-0.2, -0.15) is 0 Å². The minimum absolute atomic E-state index is 0.150. The first kappa shape index (κ1) is 24.6. The van der Waals surface area contributed by atoms with E-state index in [1.165, 1.54) is 12.5 Å². The number of nitrogens with zero attached hydrogens (tertiary/aromatic N) is 1. The van der Waals surface area contributed by atoms with Gasteiger partial charge in [0.1, 0.15) is 18.6 Å². The Morgan fingerprint density at radius 2 is 1.73 bits per heavy atom. The van der Waals surface area contributed by atoms with Gasteiger partial charge in [-0.25, -0.2) is 4.98 Å². The molecule has 30 heavy (non-hydrogen) atoms. The fraction of sp³-hybridized carbons (Fsp3) is 0.529. The number of carbonyl (C=O) groups is 5. The zero-order valence-electron chi connectivity index (χ0n) is 16.5. The molecule has 1 heterocycles. The first-order valence-electron chi connectivity index (χ1n) is 9.06. The molecule has 3 unspecified atom stereocenters. The van der Waals surface area contributed by atoms with Crippen molar-refractivity contribution < 1.29 is 34.2 Å². The topological polar surface area (TPSA) is 217 Å². The van der Waals surface area contributed by atoms with Crippen LogP contribution in [0.2, 0.25) is 0 Å². The number of imidazole rings is 1. The molecule has 0 aliphatic heterocycles. The lowest BCUT2D eigenvalue weighted by atomic mass is 10.0. The van der Waals surface area contributed by atoms with Crippen molar-refractivity contribution in [1.82, 2.24) is 25.9 Å². The Morgan fingerprint density at radius 3 is 2.23 bits per heavy atom. The second-order valence-electron chi connectivity index (χ2n) is 6.89. The molecule has 0 fully saturated rings. The Morgan fingerprint density at radius 1 is 1.07 bits per heavy atom. The quantitative estimate of drug-likeness (QED) is 0.189. The van der Waals surface area contributed by atoms with E-state index in [1.807, 2.05) is 5.32 Å². The number of H-pyrrole nitrogens is 1. The molecule has 8 N–H and O–H groups in total. The smallest absolute Gasteiger partial charge is 0.322 e. The maximum atomic E-state index is 12.6. The van der Waals surface area contributed by atoms with Gasteiger partial charge in [-0.15, -0.1) is 0 Å². The van der Waals surface area contributed by atoms with Gasteiger partial charge in [0.2, 0.25) is 17.7 Å². The Labute approximate surface area is 171 Å². The van der Waals surface area contributed by atoms with E-state index in [2.05, 4.69) is 20.6 Å². The summed E-state index contributed by atoms with van der Waals surface area (Å²) in [4.78, 5) is 65.3. The predicted molar refractivity (Wildman–Crippen MR) is 102 cm³/mol. The second kappa shape index (κ2) is 11.5. The molecule has 1 rings (SSSR count). The molecular weight excluding hydrogens is 400 g/mol. The van der Waals surface area contributed by atoms with Gasteiger partial charge >= 0.3 is 11.9 Å². The van der Waals surface area contributed by atoms with Gasteiger partial charge in [0, 0.05) is 18.3 Å². The third-order valence-corrected chi connectivity index (χ3v) is 4.00. The van der Waals surface area contributed by atoms with E-state index < -0.39 is 66.7 Å². The molecule has 13 nitrogen and oxygen atoms in total. The number of rotatable bonds is 12. The van der Waals surface area contributed by atoms with E-state index in [1.54, 1.807) is 13.8 Å². The average Bonchev–Trinajstić information content (AvgIpc) is 3.15. The summed E-state index contributed by atoms with van der Waals surface area (Å²) in [7, 11) is 0. The number of aromatic nitrogens is 2. The van der Waals surface area contributed by atoms with Gasteiger partial charge in [-0.3, -0.25) is 24.0 Å². The number of nitrogens with two attached hydrogens (primary N) is 1. The molecule has 0 bridgehead atoms. The number of hydrogen-bond donors (Lipinski definition) is 7. The number of carboxylic acids is 2. The highest BCUT2D eigenvalue weighted by Gasteiger charge is 2.31. The van der Waals surface area contributed by atoms with E-state index >= 15 is 0 Å². The van der Waals surface area contributed by atoms with E-state index in [9.17, 15) is 24.0 Å². The van der Waals surface area contributed by atoms with Crippen molar-refractivity contribution in [2.45, 2.75) is 44.8 Å². The van der Waals surface area contributed by atoms with Crippen LogP contribution in [-0.4, -0.2) is 74.5 Å². The molecule has 0 saturated heterocycles. The fourth-order valence-corrected chi connectivity index (χ4v) is 2.45. The summed E-state index contributed by atoms with van der Waals surface area (Å²) in [6.45, 7) is 2.54. The van der Waals surface area contributed by atoms with Gasteiger partial charge in [-0.05, 0) is 5.92 Å². The second-order valence-corrected chi connectivity index (χ2v) is 6.89. The van der Waals surface area contributed by atoms with E-state index in [0.717, 1.165) is 0 Å². The number of amides is 3. The highest BCUT2D eigenvalue weighted by atomic mass is 16.4. The molecule has 0 radical (unpaired) electrons. The van der Waals surface area contributed by atoms with Crippen molar-refractivity contribution in [2.75, 3.05) is 6.54 Å². The lowest BCUT2D eigenvalue weighted by molar-refractivity contribution is -0.141. The van der Waals surface area contributed by atoms with Crippen LogP contribution in [-0.2, 0) is 30.4 Å². The van der Waals surface area contributed by atoms with Crippen LogP contribution in [0.4, 0.5) is 0 Å². The molecule has 0 aliphatic carbocycles. The maximum absolute atomic E-state index is 12.6. The lowest BCUT2D eigenvalue weighted by Gasteiger charge is -2.25. The van der Waals surface area contributed by atoms with Gasteiger partial charge in [0.05, 0.1) is 18.8 Å². The lowest BCUT2D eigenvalue weighted by Crippen LogP contribution is -2.58. The third kappa shape index (κ3) is 8.26. The van der Waals surface area contributed by atoms with Crippen LogP contribution in [0.3, 0.4) is 0 Å².